The fourth-order valence-electron chi connectivity index (χ4n) is 3.08. The van der Waals surface area contributed by atoms with E-state index in [0.717, 1.165) is 35.5 Å². The summed E-state index contributed by atoms with van der Waals surface area (Å²) in [4.78, 5) is 6.90. The van der Waals surface area contributed by atoms with Crippen molar-refractivity contribution in [1.82, 2.24) is 4.90 Å². The van der Waals surface area contributed by atoms with Crippen LogP contribution in [0.5, 0.6) is 0 Å². The van der Waals surface area contributed by atoms with Crippen molar-refractivity contribution >= 4 is 11.5 Å². The SMILES string of the molecule is CCC1=Nc2ccccc2CC(c2ccc(C)cc2F)N1C. The lowest BCUT2D eigenvalue weighted by Gasteiger charge is -2.29. The highest BCUT2D eigenvalue weighted by Crippen LogP contribution is 2.34. The van der Waals surface area contributed by atoms with Gasteiger partial charge in [0.05, 0.1) is 11.7 Å². The summed E-state index contributed by atoms with van der Waals surface area (Å²) in [6.07, 6.45) is 1.59. The molecule has 0 spiro atoms. The van der Waals surface area contributed by atoms with Gasteiger partial charge < -0.3 is 4.90 Å². The fraction of sp³-hybridized carbons (Fsp3) is 0.316. The average molecular weight is 296 g/mol. The van der Waals surface area contributed by atoms with Gasteiger partial charge in [-0.1, -0.05) is 37.3 Å². The van der Waals surface area contributed by atoms with Crippen LogP contribution in [-0.2, 0) is 6.42 Å². The van der Waals surface area contributed by atoms with Gasteiger partial charge in [0.15, 0.2) is 0 Å². The highest BCUT2D eigenvalue weighted by molar-refractivity contribution is 5.86. The molecule has 0 amide bonds. The third-order valence-electron chi connectivity index (χ3n) is 4.36. The van der Waals surface area contributed by atoms with Gasteiger partial charge in [-0.25, -0.2) is 9.38 Å². The molecule has 1 aliphatic heterocycles. The molecule has 0 radical (unpaired) electrons. The van der Waals surface area contributed by atoms with Crippen LogP contribution < -0.4 is 0 Å². The minimum Gasteiger partial charge on any atom is -0.356 e. The number of hydrogen-bond acceptors (Lipinski definition) is 2. The average Bonchev–Trinajstić information content (AvgIpc) is 2.64. The van der Waals surface area contributed by atoms with E-state index in [0.29, 0.717) is 0 Å². The lowest BCUT2D eigenvalue weighted by Crippen LogP contribution is -2.31. The number of aryl methyl sites for hydroxylation is 1. The minimum absolute atomic E-state index is 0.0250. The van der Waals surface area contributed by atoms with Crippen LogP contribution in [0.15, 0.2) is 47.5 Å². The fourth-order valence-corrected chi connectivity index (χ4v) is 3.08. The second-order valence-corrected chi connectivity index (χ2v) is 5.87. The number of amidine groups is 1. The number of hydrogen-bond donors (Lipinski definition) is 0. The van der Waals surface area contributed by atoms with Gasteiger partial charge in [-0.3, -0.25) is 0 Å². The molecule has 0 bridgehead atoms. The van der Waals surface area contributed by atoms with E-state index >= 15 is 0 Å². The Hall–Kier alpha value is -2.16. The second-order valence-electron chi connectivity index (χ2n) is 5.87. The van der Waals surface area contributed by atoms with E-state index in [1.54, 1.807) is 6.07 Å². The van der Waals surface area contributed by atoms with Crippen LogP contribution in [0.1, 0.15) is 36.1 Å². The van der Waals surface area contributed by atoms with Gasteiger partial charge in [0.25, 0.3) is 0 Å². The molecule has 1 atom stereocenters. The molecular formula is C19H21FN2. The first-order valence-electron chi connectivity index (χ1n) is 7.74. The zero-order chi connectivity index (χ0) is 15.7. The van der Waals surface area contributed by atoms with Crippen molar-refractivity contribution in [1.29, 1.82) is 0 Å². The van der Waals surface area contributed by atoms with Crippen molar-refractivity contribution in [2.45, 2.75) is 32.7 Å². The summed E-state index contributed by atoms with van der Waals surface area (Å²) in [6, 6.07) is 13.6. The standard InChI is InChI=1S/C19H21FN2/c1-4-19-21-17-8-6-5-7-14(17)12-18(22(19)3)15-10-9-13(2)11-16(15)20/h5-11,18H,4,12H2,1-3H3. The number of aliphatic imine (C=N–C) groups is 1. The molecule has 2 aromatic rings. The number of para-hydroxylation sites is 1. The Morgan fingerprint density at radius 2 is 2.00 bits per heavy atom. The Morgan fingerprint density at radius 1 is 1.23 bits per heavy atom. The van der Waals surface area contributed by atoms with E-state index in [2.05, 4.69) is 17.9 Å². The molecule has 2 nitrogen and oxygen atoms in total. The van der Waals surface area contributed by atoms with E-state index in [1.165, 1.54) is 5.56 Å². The number of halogens is 1. The molecule has 0 saturated carbocycles. The quantitative estimate of drug-likeness (QED) is 0.777. The molecule has 3 heteroatoms. The van der Waals surface area contributed by atoms with Crippen LogP contribution in [0, 0.1) is 12.7 Å². The van der Waals surface area contributed by atoms with Crippen molar-refractivity contribution < 1.29 is 4.39 Å². The minimum atomic E-state index is -0.133. The van der Waals surface area contributed by atoms with Crippen molar-refractivity contribution in [2.75, 3.05) is 7.05 Å². The Labute approximate surface area is 131 Å². The van der Waals surface area contributed by atoms with Crippen LogP contribution in [0.2, 0.25) is 0 Å². The van der Waals surface area contributed by atoms with Gasteiger partial charge in [-0.15, -0.1) is 0 Å². The third-order valence-corrected chi connectivity index (χ3v) is 4.36. The number of likely N-dealkylation sites (N-methyl/N-ethyl adjacent to an activating group) is 1. The van der Waals surface area contributed by atoms with Gasteiger partial charge in [0.2, 0.25) is 0 Å². The molecule has 22 heavy (non-hydrogen) atoms. The van der Waals surface area contributed by atoms with E-state index < -0.39 is 0 Å². The summed E-state index contributed by atoms with van der Waals surface area (Å²) in [7, 11) is 2.01. The van der Waals surface area contributed by atoms with Gasteiger partial charge in [-0.2, -0.15) is 0 Å². The number of rotatable bonds is 2. The zero-order valence-electron chi connectivity index (χ0n) is 13.3. The maximum absolute atomic E-state index is 14.5. The largest absolute Gasteiger partial charge is 0.356 e. The highest BCUT2D eigenvalue weighted by atomic mass is 19.1. The Balaban J connectivity index is 2.10. The van der Waals surface area contributed by atoms with Crippen molar-refractivity contribution in [3.8, 4) is 0 Å². The second kappa shape index (κ2) is 5.91. The molecule has 0 saturated heterocycles. The molecule has 0 fully saturated rings. The van der Waals surface area contributed by atoms with Crippen LogP contribution in [-0.4, -0.2) is 17.8 Å². The monoisotopic (exact) mass is 296 g/mol. The van der Waals surface area contributed by atoms with Gasteiger partial charge in [0.1, 0.15) is 11.7 Å². The molecule has 1 heterocycles. The summed E-state index contributed by atoms with van der Waals surface area (Å²) >= 11 is 0. The molecule has 0 N–H and O–H groups in total. The van der Waals surface area contributed by atoms with Crippen LogP contribution in [0.3, 0.4) is 0 Å². The summed E-state index contributed by atoms with van der Waals surface area (Å²) in [5.74, 6) is 0.863. The van der Waals surface area contributed by atoms with E-state index in [1.807, 2.05) is 44.3 Å². The predicted molar refractivity (Wildman–Crippen MR) is 89.2 cm³/mol. The topological polar surface area (TPSA) is 15.6 Å². The maximum atomic E-state index is 14.5. The predicted octanol–water partition coefficient (Wildman–Crippen LogP) is 4.80. The first-order chi connectivity index (χ1) is 10.6. The van der Waals surface area contributed by atoms with Crippen LogP contribution in [0.25, 0.3) is 0 Å². The molecular weight excluding hydrogens is 275 g/mol. The molecule has 114 valence electrons. The maximum Gasteiger partial charge on any atom is 0.128 e. The smallest absolute Gasteiger partial charge is 0.128 e. The zero-order valence-corrected chi connectivity index (χ0v) is 13.3. The Kier molecular flexibility index (Phi) is 3.97. The first-order valence-corrected chi connectivity index (χ1v) is 7.74. The highest BCUT2D eigenvalue weighted by Gasteiger charge is 2.26. The number of nitrogens with zero attached hydrogens (tertiary/aromatic N) is 2. The van der Waals surface area contributed by atoms with Crippen molar-refractivity contribution in [2.24, 2.45) is 4.99 Å². The van der Waals surface area contributed by atoms with Crippen molar-refractivity contribution in [3.63, 3.8) is 0 Å². The van der Waals surface area contributed by atoms with Crippen LogP contribution >= 0.6 is 0 Å². The summed E-state index contributed by atoms with van der Waals surface area (Å²) < 4.78 is 14.5. The third kappa shape index (κ3) is 2.63. The van der Waals surface area contributed by atoms with Gasteiger partial charge >= 0.3 is 0 Å². The van der Waals surface area contributed by atoms with Crippen LogP contribution in [0.4, 0.5) is 10.1 Å². The molecule has 0 aliphatic carbocycles. The van der Waals surface area contributed by atoms with E-state index in [9.17, 15) is 4.39 Å². The molecule has 2 aromatic carbocycles. The van der Waals surface area contributed by atoms with Gasteiger partial charge in [0, 0.05) is 19.0 Å². The first kappa shape index (κ1) is 14.8. The summed E-state index contributed by atoms with van der Waals surface area (Å²) in [5, 5.41) is 0. The van der Waals surface area contributed by atoms with E-state index in [-0.39, 0.29) is 11.9 Å². The Morgan fingerprint density at radius 3 is 2.73 bits per heavy atom. The summed E-state index contributed by atoms with van der Waals surface area (Å²) in [5.41, 5.74) is 3.86. The number of fused-ring (bicyclic) bond motifs is 1. The normalized spacial score (nSPS) is 17.7. The molecule has 0 aromatic heterocycles. The van der Waals surface area contributed by atoms with E-state index in [4.69, 9.17) is 4.99 Å². The number of benzene rings is 2. The van der Waals surface area contributed by atoms with Crippen molar-refractivity contribution in [3.05, 3.63) is 65.0 Å². The lowest BCUT2D eigenvalue weighted by atomic mass is 9.96. The lowest BCUT2D eigenvalue weighted by molar-refractivity contribution is 0.358. The molecule has 1 unspecified atom stereocenters. The molecule has 3 rings (SSSR count). The summed E-state index contributed by atoms with van der Waals surface area (Å²) in [6.45, 7) is 4.00. The molecule has 1 aliphatic rings. The Bertz CT molecular complexity index is 721. The van der Waals surface area contributed by atoms with Gasteiger partial charge in [-0.05, 0) is 36.6 Å².